The lowest BCUT2D eigenvalue weighted by Gasteiger charge is -2.12. The number of hydrogen-bond acceptors (Lipinski definition) is 5. The van der Waals surface area contributed by atoms with Gasteiger partial charge in [-0.1, -0.05) is 25.1 Å². The maximum absolute atomic E-state index is 11.8. The van der Waals surface area contributed by atoms with E-state index >= 15 is 0 Å². The molecule has 0 radical (unpaired) electrons. The largest absolute Gasteiger partial charge is 0.359 e. The molecule has 2 heterocycles. The number of aliphatic imine (C=N–C) groups is 1. The highest BCUT2D eigenvalue weighted by Gasteiger charge is 2.09. The first-order valence-electron chi connectivity index (χ1n) is 8.66. The van der Waals surface area contributed by atoms with Gasteiger partial charge in [-0.2, -0.15) is 0 Å². The molecule has 26 heavy (non-hydrogen) atoms. The number of rotatable bonds is 8. The molecule has 0 atom stereocenters. The molecule has 8 heteroatoms. The summed E-state index contributed by atoms with van der Waals surface area (Å²) in [6, 6.07) is 6.08. The molecule has 0 aliphatic carbocycles. The number of nitrogens with one attached hydrogen (secondary N) is 2. The molecule has 0 saturated carbocycles. The molecule has 0 aliphatic heterocycles. The van der Waals surface area contributed by atoms with Crippen molar-refractivity contribution in [2.45, 2.75) is 32.7 Å². The number of thiophene rings is 1. The quantitative estimate of drug-likeness (QED) is 0.544. The van der Waals surface area contributed by atoms with E-state index in [2.05, 4.69) is 46.1 Å². The van der Waals surface area contributed by atoms with Crippen molar-refractivity contribution in [3.8, 4) is 0 Å². The first-order chi connectivity index (χ1) is 12.5. The van der Waals surface area contributed by atoms with Crippen LogP contribution in [0.5, 0.6) is 0 Å². The number of nitrogens with zero attached hydrogens (tertiary/aromatic N) is 3. The molecule has 0 unspecified atom stereocenters. The first-order valence-corrected chi connectivity index (χ1v) is 9.54. The summed E-state index contributed by atoms with van der Waals surface area (Å²) in [5.41, 5.74) is 0.925. The van der Waals surface area contributed by atoms with Crippen molar-refractivity contribution < 1.29 is 9.32 Å². The van der Waals surface area contributed by atoms with Crippen LogP contribution in [0, 0.1) is 0 Å². The molecule has 0 saturated heterocycles. The maximum Gasteiger partial charge on any atom is 0.243 e. The van der Waals surface area contributed by atoms with Crippen molar-refractivity contribution in [3.05, 3.63) is 39.9 Å². The Balaban J connectivity index is 1.91. The Morgan fingerprint density at radius 1 is 1.38 bits per heavy atom. The molecule has 1 amide bonds. The van der Waals surface area contributed by atoms with Crippen molar-refractivity contribution >= 4 is 23.2 Å². The molecule has 0 spiro atoms. The van der Waals surface area contributed by atoms with Gasteiger partial charge < -0.3 is 20.1 Å². The zero-order chi connectivity index (χ0) is 18.9. The minimum absolute atomic E-state index is 0.0499. The van der Waals surface area contributed by atoms with Gasteiger partial charge in [0.15, 0.2) is 11.7 Å². The monoisotopic (exact) mass is 377 g/mol. The third-order valence-corrected chi connectivity index (χ3v) is 4.65. The molecule has 2 rings (SSSR count). The highest BCUT2D eigenvalue weighted by atomic mass is 32.1. The average molecular weight is 378 g/mol. The SMILES string of the molecule is CC(C)c1cc(CNC(=NCC(=O)N(C)C)NCCc2cccs2)on1. The Morgan fingerprint density at radius 3 is 2.81 bits per heavy atom. The van der Waals surface area contributed by atoms with Gasteiger partial charge in [-0.05, 0) is 23.8 Å². The van der Waals surface area contributed by atoms with Crippen LogP contribution in [0.25, 0.3) is 0 Å². The number of carbonyl (C=O) groups is 1. The summed E-state index contributed by atoms with van der Waals surface area (Å²) >= 11 is 1.73. The van der Waals surface area contributed by atoms with E-state index in [0.29, 0.717) is 18.4 Å². The predicted octanol–water partition coefficient (Wildman–Crippen LogP) is 2.23. The van der Waals surface area contributed by atoms with Crippen LogP contribution in [-0.4, -0.2) is 49.1 Å². The van der Waals surface area contributed by atoms with Crippen molar-refractivity contribution in [1.29, 1.82) is 0 Å². The van der Waals surface area contributed by atoms with Crippen molar-refractivity contribution in [3.63, 3.8) is 0 Å². The average Bonchev–Trinajstić information content (AvgIpc) is 3.28. The summed E-state index contributed by atoms with van der Waals surface area (Å²) < 4.78 is 5.33. The van der Waals surface area contributed by atoms with Crippen LogP contribution in [0.15, 0.2) is 33.1 Å². The Bertz CT molecular complexity index is 707. The van der Waals surface area contributed by atoms with Gasteiger partial charge in [-0.3, -0.25) is 4.79 Å². The normalized spacial score (nSPS) is 11.7. The van der Waals surface area contributed by atoms with E-state index in [1.54, 1.807) is 25.4 Å². The minimum atomic E-state index is -0.0499. The molecule has 142 valence electrons. The van der Waals surface area contributed by atoms with Crippen LogP contribution in [-0.2, 0) is 17.8 Å². The summed E-state index contributed by atoms with van der Waals surface area (Å²) in [6.07, 6.45) is 0.903. The van der Waals surface area contributed by atoms with Crippen LogP contribution in [0.1, 0.15) is 36.1 Å². The van der Waals surface area contributed by atoms with Crippen molar-refractivity contribution in [1.82, 2.24) is 20.7 Å². The number of likely N-dealkylation sites (N-methyl/N-ethyl adjacent to an activating group) is 1. The van der Waals surface area contributed by atoms with E-state index in [-0.39, 0.29) is 12.5 Å². The molecule has 0 fully saturated rings. The fraction of sp³-hybridized carbons (Fsp3) is 0.500. The van der Waals surface area contributed by atoms with E-state index in [0.717, 1.165) is 24.4 Å². The second-order valence-corrected chi connectivity index (χ2v) is 7.47. The number of hydrogen-bond donors (Lipinski definition) is 2. The highest BCUT2D eigenvalue weighted by Crippen LogP contribution is 2.13. The number of amides is 1. The summed E-state index contributed by atoms with van der Waals surface area (Å²) in [4.78, 5) is 19.0. The minimum Gasteiger partial charge on any atom is -0.359 e. The zero-order valence-electron chi connectivity index (χ0n) is 15.8. The standard InChI is InChI=1S/C18H27N5O2S/c1-13(2)16-10-14(25-22-16)11-20-18(21-12-17(24)23(3)4)19-8-7-15-6-5-9-26-15/h5-6,9-10,13H,7-8,11-12H2,1-4H3,(H2,19,20,21). The molecule has 2 N–H and O–H groups in total. The molecule has 2 aromatic heterocycles. The van der Waals surface area contributed by atoms with Gasteiger partial charge in [0.25, 0.3) is 0 Å². The van der Waals surface area contributed by atoms with E-state index in [4.69, 9.17) is 4.52 Å². The van der Waals surface area contributed by atoms with Gasteiger partial charge in [0.2, 0.25) is 5.91 Å². The first kappa shape index (κ1) is 20.0. The van der Waals surface area contributed by atoms with E-state index in [1.165, 1.54) is 9.78 Å². The van der Waals surface area contributed by atoms with Gasteiger partial charge in [-0.25, -0.2) is 4.99 Å². The molecule has 2 aromatic rings. The van der Waals surface area contributed by atoms with E-state index in [9.17, 15) is 4.79 Å². The second-order valence-electron chi connectivity index (χ2n) is 6.44. The third-order valence-electron chi connectivity index (χ3n) is 3.71. The smallest absolute Gasteiger partial charge is 0.243 e. The van der Waals surface area contributed by atoms with Gasteiger partial charge in [0, 0.05) is 31.6 Å². The van der Waals surface area contributed by atoms with Crippen LogP contribution < -0.4 is 10.6 Å². The van der Waals surface area contributed by atoms with Gasteiger partial charge in [0.05, 0.1) is 12.2 Å². The van der Waals surface area contributed by atoms with Crippen molar-refractivity contribution in [2.75, 3.05) is 27.2 Å². The summed E-state index contributed by atoms with van der Waals surface area (Å²) in [5, 5.41) is 12.6. The number of carbonyl (C=O) groups excluding carboxylic acids is 1. The van der Waals surface area contributed by atoms with Gasteiger partial charge in [-0.15, -0.1) is 11.3 Å². The van der Waals surface area contributed by atoms with Crippen molar-refractivity contribution in [2.24, 2.45) is 4.99 Å². The zero-order valence-corrected chi connectivity index (χ0v) is 16.6. The van der Waals surface area contributed by atoms with Gasteiger partial charge in [0.1, 0.15) is 6.54 Å². The Hall–Kier alpha value is -2.35. The fourth-order valence-electron chi connectivity index (χ4n) is 2.08. The van der Waals surface area contributed by atoms with E-state index < -0.39 is 0 Å². The van der Waals surface area contributed by atoms with E-state index in [1.807, 2.05) is 12.1 Å². The number of guanidine groups is 1. The number of aromatic nitrogens is 1. The van der Waals surface area contributed by atoms with Crippen LogP contribution in [0.3, 0.4) is 0 Å². The lowest BCUT2D eigenvalue weighted by Crippen LogP contribution is -2.39. The third kappa shape index (κ3) is 6.51. The van der Waals surface area contributed by atoms with Crippen LogP contribution in [0.4, 0.5) is 0 Å². The Labute approximate surface area is 158 Å². The fourth-order valence-corrected chi connectivity index (χ4v) is 2.79. The maximum atomic E-state index is 11.8. The molecule has 0 aliphatic rings. The molecule has 0 bridgehead atoms. The van der Waals surface area contributed by atoms with Gasteiger partial charge >= 0.3 is 0 Å². The Kier molecular flexibility index (Phi) is 7.65. The lowest BCUT2D eigenvalue weighted by atomic mass is 10.1. The Morgan fingerprint density at radius 2 is 2.19 bits per heavy atom. The summed E-state index contributed by atoms with van der Waals surface area (Å²) in [5.74, 6) is 1.59. The second kappa shape index (κ2) is 9.96. The van der Waals surface area contributed by atoms with Crippen LogP contribution in [0.2, 0.25) is 0 Å². The van der Waals surface area contributed by atoms with Crippen LogP contribution >= 0.6 is 11.3 Å². The molecule has 7 nitrogen and oxygen atoms in total. The lowest BCUT2D eigenvalue weighted by molar-refractivity contribution is -0.127. The highest BCUT2D eigenvalue weighted by molar-refractivity contribution is 7.09. The topological polar surface area (TPSA) is 82.8 Å². The predicted molar refractivity (Wildman–Crippen MR) is 104 cm³/mol. The molecule has 0 aromatic carbocycles. The molecular weight excluding hydrogens is 350 g/mol. The summed E-state index contributed by atoms with van der Waals surface area (Å²) in [7, 11) is 3.44. The summed E-state index contributed by atoms with van der Waals surface area (Å²) in [6.45, 7) is 5.42. The molecular formula is C18H27N5O2S.